The maximum atomic E-state index is 9.88. The van der Waals surface area contributed by atoms with E-state index >= 15 is 0 Å². The number of carbonyl (C=O) groups excluding carboxylic acids is 1. The molecule has 12 heavy (non-hydrogen) atoms. The fourth-order valence-electron chi connectivity index (χ4n) is 0.994. The summed E-state index contributed by atoms with van der Waals surface area (Å²) in [6.45, 7) is 3.75. The van der Waals surface area contributed by atoms with E-state index in [0.29, 0.717) is 5.69 Å². The predicted molar refractivity (Wildman–Crippen MR) is 47.9 cm³/mol. The van der Waals surface area contributed by atoms with Crippen LogP contribution in [0.2, 0.25) is 0 Å². The number of rotatable bonds is 3. The average molecular weight is 160 g/mol. The Bertz CT molecular complexity index is 283. The molecule has 0 aromatic heterocycles. The van der Waals surface area contributed by atoms with E-state index in [1.165, 1.54) is 11.6 Å². The zero-order valence-electron chi connectivity index (χ0n) is 6.79. The number of hydrogen-bond acceptors (Lipinski definition) is 2. The second-order valence-corrected chi connectivity index (χ2v) is 2.47. The van der Waals surface area contributed by atoms with Crippen LogP contribution < -0.4 is 0 Å². The first-order chi connectivity index (χ1) is 5.86. The summed E-state index contributed by atoms with van der Waals surface area (Å²) in [5.41, 5.74) is 1.87. The third kappa shape index (κ3) is 2.33. The Hall–Kier alpha value is -1.40. The van der Waals surface area contributed by atoms with Gasteiger partial charge in [-0.3, -0.25) is 0 Å². The molecule has 0 bridgehead atoms. The summed E-state index contributed by atoms with van der Waals surface area (Å²) in [4.78, 5) is 13.4. The van der Waals surface area contributed by atoms with Gasteiger partial charge in [0.2, 0.25) is 6.08 Å². The Labute approximate surface area is 71.9 Å². The third-order valence-corrected chi connectivity index (χ3v) is 1.58. The Morgan fingerprint density at radius 2 is 2.00 bits per heavy atom. The first kappa shape index (κ1) is 8.69. The number of nitrogens with zero attached hydrogens (tertiary/aromatic N) is 1. The van der Waals surface area contributed by atoms with E-state index in [-0.39, 0.29) is 0 Å². The highest BCUT2D eigenvalue weighted by atomic mass is 16.1. The van der Waals surface area contributed by atoms with Crippen molar-refractivity contribution in [1.29, 1.82) is 0 Å². The summed E-state index contributed by atoms with van der Waals surface area (Å²) in [6, 6.07) is 7.49. The summed E-state index contributed by atoms with van der Waals surface area (Å²) in [5.74, 6) is 0. The summed E-state index contributed by atoms with van der Waals surface area (Å²) in [6.07, 6.45) is 3.35. The van der Waals surface area contributed by atoms with Gasteiger partial charge in [0.15, 0.2) is 0 Å². The minimum Gasteiger partial charge on any atom is -0.211 e. The zero-order valence-corrected chi connectivity index (χ0v) is 6.79. The van der Waals surface area contributed by atoms with Gasteiger partial charge in [0.1, 0.15) is 0 Å². The SMILES string of the molecule is [CH2]CCc1ccc(N=C=O)cc1. The van der Waals surface area contributed by atoms with Crippen molar-refractivity contribution in [2.45, 2.75) is 12.8 Å². The predicted octanol–water partition coefficient (Wildman–Crippen LogP) is 2.42. The largest absolute Gasteiger partial charge is 0.240 e. The van der Waals surface area contributed by atoms with Crippen molar-refractivity contribution in [2.75, 3.05) is 0 Å². The molecule has 0 N–H and O–H groups in total. The molecule has 0 aliphatic carbocycles. The molecule has 0 saturated heterocycles. The van der Waals surface area contributed by atoms with E-state index in [2.05, 4.69) is 11.9 Å². The maximum Gasteiger partial charge on any atom is 0.240 e. The summed E-state index contributed by atoms with van der Waals surface area (Å²) in [5, 5.41) is 0. The topological polar surface area (TPSA) is 29.4 Å². The highest BCUT2D eigenvalue weighted by molar-refractivity contribution is 5.49. The van der Waals surface area contributed by atoms with Crippen LogP contribution in [-0.4, -0.2) is 6.08 Å². The Morgan fingerprint density at radius 3 is 2.50 bits per heavy atom. The molecule has 0 aliphatic rings. The van der Waals surface area contributed by atoms with Crippen molar-refractivity contribution < 1.29 is 4.79 Å². The van der Waals surface area contributed by atoms with E-state index in [4.69, 9.17) is 0 Å². The molecule has 0 unspecified atom stereocenters. The maximum absolute atomic E-state index is 9.88. The normalized spacial score (nSPS) is 9.08. The van der Waals surface area contributed by atoms with Crippen molar-refractivity contribution in [3.05, 3.63) is 36.8 Å². The number of benzene rings is 1. The minimum absolute atomic E-state index is 0.651. The molecule has 1 radical (unpaired) electrons. The van der Waals surface area contributed by atoms with Crippen LogP contribution in [0.4, 0.5) is 5.69 Å². The third-order valence-electron chi connectivity index (χ3n) is 1.58. The van der Waals surface area contributed by atoms with Crippen molar-refractivity contribution >= 4 is 11.8 Å². The second-order valence-electron chi connectivity index (χ2n) is 2.47. The van der Waals surface area contributed by atoms with E-state index in [1.807, 2.05) is 12.1 Å². The number of aryl methyl sites for hydroxylation is 1. The fraction of sp³-hybridized carbons (Fsp3) is 0.200. The molecule has 1 aromatic rings. The van der Waals surface area contributed by atoms with Gasteiger partial charge < -0.3 is 0 Å². The van der Waals surface area contributed by atoms with Crippen LogP contribution in [0.1, 0.15) is 12.0 Å². The molecule has 0 amide bonds. The van der Waals surface area contributed by atoms with Crippen LogP contribution in [-0.2, 0) is 11.2 Å². The molecule has 2 heteroatoms. The molecule has 0 heterocycles. The summed E-state index contributed by atoms with van der Waals surface area (Å²) in [7, 11) is 0. The second kappa shape index (κ2) is 4.47. The summed E-state index contributed by atoms with van der Waals surface area (Å²) < 4.78 is 0. The molecule has 0 spiro atoms. The van der Waals surface area contributed by atoms with Crippen LogP contribution in [0.15, 0.2) is 29.3 Å². The molecular weight excluding hydrogens is 150 g/mol. The fourth-order valence-corrected chi connectivity index (χ4v) is 0.994. The highest BCUT2D eigenvalue weighted by Crippen LogP contribution is 2.12. The van der Waals surface area contributed by atoms with Gasteiger partial charge in [-0.1, -0.05) is 19.1 Å². The lowest BCUT2D eigenvalue weighted by molar-refractivity contribution is 0.565. The zero-order chi connectivity index (χ0) is 8.81. The standard InChI is InChI=1S/C10H10NO/c1-2-3-9-4-6-10(7-5-9)11-8-12/h4-7H,1-3H2. The Morgan fingerprint density at radius 1 is 1.33 bits per heavy atom. The van der Waals surface area contributed by atoms with Crippen LogP contribution >= 0.6 is 0 Å². The van der Waals surface area contributed by atoms with Gasteiger partial charge in [-0.2, -0.15) is 4.99 Å². The molecule has 0 fully saturated rings. The monoisotopic (exact) mass is 160 g/mol. The van der Waals surface area contributed by atoms with Crippen molar-refractivity contribution in [2.24, 2.45) is 4.99 Å². The first-order valence-corrected chi connectivity index (χ1v) is 3.83. The lowest BCUT2D eigenvalue weighted by atomic mass is 10.1. The van der Waals surface area contributed by atoms with E-state index in [9.17, 15) is 4.79 Å². The van der Waals surface area contributed by atoms with Crippen LogP contribution in [0, 0.1) is 6.92 Å². The van der Waals surface area contributed by atoms with Crippen LogP contribution in [0.5, 0.6) is 0 Å². The van der Waals surface area contributed by atoms with Gasteiger partial charge in [-0.05, 0) is 30.5 Å². The van der Waals surface area contributed by atoms with Gasteiger partial charge in [-0.25, -0.2) is 4.79 Å². The van der Waals surface area contributed by atoms with Crippen LogP contribution in [0.25, 0.3) is 0 Å². The first-order valence-electron chi connectivity index (χ1n) is 3.83. The van der Waals surface area contributed by atoms with Gasteiger partial charge in [0.05, 0.1) is 5.69 Å². The molecule has 0 atom stereocenters. The van der Waals surface area contributed by atoms with Gasteiger partial charge in [0, 0.05) is 0 Å². The Kier molecular flexibility index (Phi) is 3.24. The lowest BCUT2D eigenvalue weighted by Crippen LogP contribution is -1.80. The number of aliphatic imine (C=N–C) groups is 1. The van der Waals surface area contributed by atoms with Gasteiger partial charge in [-0.15, -0.1) is 0 Å². The van der Waals surface area contributed by atoms with Crippen molar-refractivity contribution in [3.8, 4) is 0 Å². The van der Waals surface area contributed by atoms with Crippen molar-refractivity contribution in [1.82, 2.24) is 0 Å². The molecule has 61 valence electrons. The van der Waals surface area contributed by atoms with E-state index < -0.39 is 0 Å². The molecule has 0 aliphatic heterocycles. The average Bonchev–Trinajstić information content (AvgIpc) is 2.09. The molecule has 1 aromatic carbocycles. The molecule has 1 rings (SSSR count). The minimum atomic E-state index is 0.651. The quantitative estimate of drug-likeness (QED) is 0.493. The molecular formula is C10H10NO. The van der Waals surface area contributed by atoms with Crippen LogP contribution in [0.3, 0.4) is 0 Å². The lowest BCUT2D eigenvalue weighted by Gasteiger charge is -1.96. The smallest absolute Gasteiger partial charge is 0.211 e. The highest BCUT2D eigenvalue weighted by Gasteiger charge is 1.91. The number of hydrogen-bond donors (Lipinski definition) is 0. The van der Waals surface area contributed by atoms with Gasteiger partial charge >= 0.3 is 0 Å². The summed E-state index contributed by atoms with van der Waals surface area (Å²) >= 11 is 0. The van der Waals surface area contributed by atoms with Crippen molar-refractivity contribution in [3.63, 3.8) is 0 Å². The van der Waals surface area contributed by atoms with E-state index in [1.54, 1.807) is 12.1 Å². The molecule has 0 saturated carbocycles. The van der Waals surface area contributed by atoms with Gasteiger partial charge in [0.25, 0.3) is 0 Å². The molecule has 2 nitrogen and oxygen atoms in total. The Balaban J connectivity index is 2.77. The van der Waals surface area contributed by atoms with E-state index in [0.717, 1.165) is 12.8 Å². The number of isocyanates is 1.